The molecule has 0 aliphatic rings. The Hall–Kier alpha value is -1.91. The molecular formula is C13H17N3O3S. The Kier molecular flexibility index (Phi) is 5.67. The topological polar surface area (TPSA) is 90.3 Å². The average Bonchev–Trinajstić information content (AvgIpc) is 2.40. The molecule has 1 amide bonds. The van der Waals surface area contributed by atoms with Crippen molar-refractivity contribution in [2.24, 2.45) is 0 Å². The molecule has 0 heterocycles. The lowest BCUT2D eigenvalue weighted by Crippen LogP contribution is -2.43. The van der Waals surface area contributed by atoms with Gasteiger partial charge in [-0.15, -0.1) is 0 Å². The first-order valence-corrected chi connectivity index (χ1v) is 7.66. The van der Waals surface area contributed by atoms with E-state index in [4.69, 9.17) is 5.26 Å². The highest BCUT2D eigenvalue weighted by atomic mass is 32.2. The molecule has 0 unspecified atom stereocenters. The van der Waals surface area contributed by atoms with Gasteiger partial charge in [-0.05, 0) is 17.7 Å². The maximum absolute atomic E-state index is 12.0. The van der Waals surface area contributed by atoms with E-state index < -0.39 is 16.1 Å². The second-order valence-electron chi connectivity index (χ2n) is 4.06. The van der Waals surface area contributed by atoms with E-state index in [0.29, 0.717) is 5.56 Å². The first-order chi connectivity index (χ1) is 9.44. The number of amides is 1. The fourth-order valence-corrected chi connectivity index (χ4v) is 2.88. The molecule has 0 atom stereocenters. The van der Waals surface area contributed by atoms with Gasteiger partial charge in [0.25, 0.3) is 5.91 Å². The quantitative estimate of drug-likeness (QED) is 0.850. The molecule has 0 aliphatic carbocycles. The van der Waals surface area contributed by atoms with Crippen LogP contribution >= 0.6 is 0 Å². The van der Waals surface area contributed by atoms with Crippen LogP contribution in [0.5, 0.6) is 0 Å². The van der Waals surface area contributed by atoms with Crippen LogP contribution in [-0.4, -0.2) is 31.7 Å². The highest BCUT2D eigenvalue weighted by Crippen LogP contribution is 2.07. The molecule has 0 spiro atoms. The Morgan fingerprint density at radius 1 is 1.35 bits per heavy atom. The molecule has 20 heavy (non-hydrogen) atoms. The van der Waals surface area contributed by atoms with Crippen molar-refractivity contribution in [2.45, 2.75) is 20.3 Å². The van der Waals surface area contributed by atoms with Crippen LogP contribution in [0.4, 0.5) is 0 Å². The van der Waals surface area contributed by atoms with E-state index >= 15 is 0 Å². The zero-order valence-corrected chi connectivity index (χ0v) is 12.3. The maximum atomic E-state index is 12.0. The van der Waals surface area contributed by atoms with Gasteiger partial charge in [0.15, 0.2) is 0 Å². The molecule has 0 bridgehead atoms. The minimum atomic E-state index is -3.83. The van der Waals surface area contributed by atoms with Crippen LogP contribution in [0.15, 0.2) is 24.3 Å². The van der Waals surface area contributed by atoms with Gasteiger partial charge < -0.3 is 0 Å². The number of benzene rings is 1. The third-order valence-corrected chi connectivity index (χ3v) is 4.38. The number of carbonyl (C=O) groups is 1. The highest BCUT2D eigenvalue weighted by molar-refractivity contribution is 7.87. The maximum Gasteiger partial charge on any atom is 0.304 e. The Morgan fingerprint density at radius 3 is 2.55 bits per heavy atom. The molecule has 0 aliphatic heterocycles. The van der Waals surface area contributed by atoms with Crippen LogP contribution in [0.1, 0.15) is 29.8 Å². The summed E-state index contributed by atoms with van der Waals surface area (Å²) in [5.41, 5.74) is 0.883. The molecule has 1 aromatic carbocycles. The molecular weight excluding hydrogens is 278 g/mol. The summed E-state index contributed by atoms with van der Waals surface area (Å²) < 4.78 is 27.0. The van der Waals surface area contributed by atoms with Crippen LogP contribution < -0.4 is 4.72 Å². The van der Waals surface area contributed by atoms with Gasteiger partial charge in [0.05, 0.1) is 12.5 Å². The van der Waals surface area contributed by atoms with Crippen LogP contribution in [0.25, 0.3) is 0 Å². The number of hydrogen-bond acceptors (Lipinski definition) is 4. The Labute approximate surface area is 119 Å². The summed E-state index contributed by atoms with van der Waals surface area (Å²) in [4.78, 5) is 12.0. The Morgan fingerprint density at radius 2 is 2.00 bits per heavy atom. The second kappa shape index (κ2) is 7.03. The molecule has 0 saturated carbocycles. The molecule has 0 fully saturated rings. The standard InChI is InChI=1S/C13H17N3O3S/c1-3-16(4-2)20(18,19)15-13(17)12-7-5-6-11(10-12)8-9-14/h5-7,10H,3-4,8H2,1-2H3,(H,15,17). The van der Waals surface area contributed by atoms with Gasteiger partial charge in [-0.2, -0.15) is 18.0 Å². The Bertz CT molecular complexity index is 616. The van der Waals surface area contributed by atoms with Crippen molar-refractivity contribution in [3.05, 3.63) is 35.4 Å². The van der Waals surface area contributed by atoms with E-state index in [1.54, 1.807) is 26.0 Å². The van der Waals surface area contributed by atoms with Gasteiger partial charge in [0.1, 0.15) is 0 Å². The number of nitriles is 1. The zero-order chi connectivity index (χ0) is 15.2. The van der Waals surface area contributed by atoms with Gasteiger partial charge in [0.2, 0.25) is 0 Å². The first kappa shape index (κ1) is 16.1. The lowest BCUT2D eigenvalue weighted by molar-refractivity contribution is 0.0979. The van der Waals surface area contributed by atoms with Crippen molar-refractivity contribution in [1.29, 1.82) is 5.26 Å². The minimum absolute atomic E-state index is 0.171. The highest BCUT2D eigenvalue weighted by Gasteiger charge is 2.21. The fourth-order valence-electron chi connectivity index (χ4n) is 1.72. The van der Waals surface area contributed by atoms with Gasteiger partial charge in [0, 0.05) is 18.7 Å². The third-order valence-electron chi connectivity index (χ3n) is 2.74. The van der Waals surface area contributed by atoms with Crippen LogP contribution in [0.2, 0.25) is 0 Å². The van der Waals surface area contributed by atoms with Gasteiger partial charge in [-0.3, -0.25) is 4.79 Å². The smallest absolute Gasteiger partial charge is 0.268 e. The minimum Gasteiger partial charge on any atom is -0.268 e. The molecule has 1 aromatic rings. The number of rotatable bonds is 6. The number of carbonyl (C=O) groups excluding carboxylic acids is 1. The van der Waals surface area contributed by atoms with Gasteiger partial charge in [-0.25, -0.2) is 4.72 Å². The molecule has 108 valence electrons. The van der Waals surface area contributed by atoms with Crippen molar-refractivity contribution in [3.63, 3.8) is 0 Å². The summed E-state index contributed by atoms with van der Waals surface area (Å²) in [5.74, 6) is -0.698. The largest absolute Gasteiger partial charge is 0.304 e. The summed E-state index contributed by atoms with van der Waals surface area (Å²) in [5, 5.41) is 8.62. The molecule has 1 rings (SSSR count). The van der Waals surface area contributed by atoms with E-state index in [1.807, 2.05) is 10.8 Å². The van der Waals surface area contributed by atoms with Crippen LogP contribution in [0.3, 0.4) is 0 Å². The molecule has 0 saturated heterocycles. The van der Waals surface area contributed by atoms with Crippen molar-refractivity contribution in [2.75, 3.05) is 13.1 Å². The van der Waals surface area contributed by atoms with E-state index in [-0.39, 0.29) is 25.1 Å². The summed E-state index contributed by atoms with van der Waals surface area (Å²) in [7, 11) is -3.83. The monoisotopic (exact) mass is 295 g/mol. The predicted octanol–water partition coefficient (Wildman–Crippen LogP) is 1.07. The van der Waals surface area contributed by atoms with Gasteiger partial charge in [-0.1, -0.05) is 26.0 Å². The lowest BCUT2D eigenvalue weighted by atomic mass is 10.1. The van der Waals surface area contributed by atoms with Gasteiger partial charge >= 0.3 is 10.2 Å². The van der Waals surface area contributed by atoms with Crippen molar-refractivity contribution in [3.8, 4) is 6.07 Å². The lowest BCUT2D eigenvalue weighted by Gasteiger charge is -2.18. The molecule has 7 heteroatoms. The summed E-state index contributed by atoms with van der Waals surface area (Å²) in [6, 6.07) is 8.32. The van der Waals surface area contributed by atoms with Crippen LogP contribution in [-0.2, 0) is 16.6 Å². The zero-order valence-electron chi connectivity index (χ0n) is 11.5. The Balaban J connectivity index is 2.92. The second-order valence-corrected chi connectivity index (χ2v) is 5.73. The number of nitrogens with zero attached hydrogens (tertiary/aromatic N) is 2. The van der Waals surface area contributed by atoms with E-state index in [2.05, 4.69) is 0 Å². The van der Waals surface area contributed by atoms with Crippen LogP contribution in [0, 0.1) is 11.3 Å². The fraction of sp³-hybridized carbons (Fsp3) is 0.385. The van der Waals surface area contributed by atoms with E-state index in [9.17, 15) is 13.2 Å². The predicted molar refractivity (Wildman–Crippen MR) is 75.1 cm³/mol. The number of nitrogens with one attached hydrogen (secondary N) is 1. The molecule has 0 radical (unpaired) electrons. The van der Waals surface area contributed by atoms with E-state index in [0.717, 1.165) is 4.31 Å². The summed E-state index contributed by atoms with van der Waals surface area (Å²) in [6.45, 7) is 3.96. The number of hydrogen-bond donors (Lipinski definition) is 1. The molecule has 1 N–H and O–H groups in total. The average molecular weight is 295 g/mol. The molecule has 0 aromatic heterocycles. The SMILES string of the molecule is CCN(CC)S(=O)(=O)NC(=O)c1cccc(CC#N)c1. The summed E-state index contributed by atoms with van der Waals surface area (Å²) >= 11 is 0. The van der Waals surface area contributed by atoms with Crippen molar-refractivity contribution < 1.29 is 13.2 Å². The third kappa shape index (κ3) is 4.05. The van der Waals surface area contributed by atoms with Crippen molar-refractivity contribution in [1.82, 2.24) is 9.03 Å². The van der Waals surface area contributed by atoms with E-state index in [1.165, 1.54) is 12.1 Å². The normalized spacial score (nSPS) is 11.1. The van der Waals surface area contributed by atoms with Crippen molar-refractivity contribution >= 4 is 16.1 Å². The first-order valence-electron chi connectivity index (χ1n) is 6.22. The molecule has 6 nitrogen and oxygen atoms in total. The summed E-state index contributed by atoms with van der Waals surface area (Å²) in [6.07, 6.45) is 0.171.